The van der Waals surface area contributed by atoms with Gasteiger partial charge in [0.1, 0.15) is 0 Å². The van der Waals surface area contributed by atoms with Gasteiger partial charge in [0.05, 0.1) is 0 Å². The van der Waals surface area contributed by atoms with Crippen LogP contribution >= 0.6 is 31.9 Å². The summed E-state index contributed by atoms with van der Waals surface area (Å²) < 4.78 is 1.95. The molecule has 2 N–H and O–H groups in total. The molecule has 0 bridgehead atoms. The van der Waals surface area contributed by atoms with Crippen molar-refractivity contribution in [3.05, 3.63) is 55.6 Å². The molecule has 3 amide bonds. The second kappa shape index (κ2) is 15.3. The summed E-state index contributed by atoms with van der Waals surface area (Å²) in [5.41, 5.74) is 12.0. The molecule has 0 aromatic heterocycles. The minimum absolute atomic E-state index is 0.186. The van der Waals surface area contributed by atoms with Gasteiger partial charge in [0.15, 0.2) is 0 Å². The molecule has 2 aliphatic heterocycles. The van der Waals surface area contributed by atoms with Crippen LogP contribution < -0.4 is 5.73 Å². The molecule has 1 aromatic rings. The molecule has 40 heavy (non-hydrogen) atoms. The van der Waals surface area contributed by atoms with E-state index in [1.54, 1.807) is 4.90 Å². The maximum atomic E-state index is 13.2. The van der Waals surface area contributed by atoms with E-state index in [4.69, 9.17) is 10.7 Å². The van der Waals surface area contributed by atoms with Crippen molar-refractivity contribution in [2.24, 2.45) is 22.6 Å². The second-order valence-electron chi connectivity index (χ2n) is 11.0. The Morgan fingerprint density at radius 3 is 2.27 bits per heavy atom. The van der Waals surface area contributed by atoms with Crippen molar-refractivity contribution in [2.75, 3.05) is 26.2 Å². The first-order valence-electron chi connectivity index (χ1n) is 14.9. The number of halogens is 2. The number of urea groups is 1. The summed E-state index contributed by atoms with van der Waals surface area (Å²) in [6.07, 6.45) is 9.04. The lowest BCUT2D eigenvalue weighted by molar-refractivity contribution is -0.134. The fourth-order valence-electron chi connectivity index (χ4n) is 6.35. The minimum Gasteiger partial charge on any atom is -0.351 e. The number of rotatable bonds is 6. The zero-order valence-electron chi connectivity index (χ0n) is 24.6. The molecule has 1 aliphatic carbocycles. The zero-order chi connectivity index (χ0) is 29.4. The summed E-state index contributed by atoms with van der Waals surface area (Å²) in [5, 5.41) is 0. The third-order valence-electron chi connectivity index (χ3n) is 8.59. The Kier molecular flexibility index (Phi) is 12.5. The maximum absolute atomic E-state index is 13.2. The smallest absolute Gasteiger partial charge is 0.314 e. The highest BCUT2D eigenvalue weighted by molar-refractivity contribution is 9.12. The number of benzene rings is 1. The summed E-state index contributed by atoms with van der Waals surface area (Å²) >= 11 is 7.40. The second-order valence-corrected chi connectivity index (χ2v) is 12.9. The van der Waals surface area contributed by atoms with Gasteiger partial charge in [-0.2, -0.15) is 0 Å². The number of aliphatic imine (C=N–C) groups is 1. The summed E-state index contributed by atoms with van der Waals surface area (Å²) in [7, 11) is 0. The number of allylic oxidation sites excluding steroid dienone is 3. The molecule has 2 heterocycles. The maximum Gasteiger partial charge on any atom is 0.314 e. The Morgan fingerprint density at radius 2 is 1.70 bits per heavy atom. The Bertz CT molecular complexity index is 1130. The van der Waals surface area contributed by atoms with Gasteiger partial charge in [-0.1, -0.05) is 54.9 Å². The van der Waals surface area contributed by atoms with Crippen molar-refractivity contribution in [3.63, 3.8) is 0 Å². The first kappa shape index (κ1) is 32.6. The molecular weight excluding hydrogens is 632 g/mol. The molecular formula is C32H46Br2N4O2. The summed E-state index contributed by atoms with van der Waals surface area (Å²) in [5.74, 6) is 1.17. The molecule has 1 unspecified atom stereocenters. The highest BCUT2D eigenvalue weighted by Crippen LogP contribution is 2.47. The van der Waals surface area contributed by atoms with Crippen LogP contribution in [0, 0.1) is 11.8 Å². The third-order valence-corrected chi connectivity index (χ3v) is 9.45. The minimum atomic E-state index is -0.358. The number of nitrogens with zero attached hydrogens (tertiary/aromatic N) is 3. The largest absolute Gasteiger partial charge is 0.351 e. The van der Waals surface area contributed by atoms with Gasteiger partial charge < -0.3 is 15.5 Å². The number of aryl methyl sites for hydroxylation is 2. The fourth-order valence-corrected chi connectivity index (χ4v) is 7.25. The normalized spacial score (nSPS) is 20.6. The molecule has 0 spiro atoms. The lowest BCUT2D eigenvalue weighted by Crippen LogP contribution is -2.44. The first-order chi connectivity index (χ1) is 19.2. The zero-order valence-corrected chi connectivity index (χ0v) is 27.8. The topological polar surface area (TPSA) is 79.0 Å². The standard InChI is InChI=1S/C30H40Br2N4O2.C2H6/c1-4-21-15-24-6-5-19(2)29(34-18-20(3)31)28(27(24)25(32)16-21)23-9-13-35(14-10-23)26(37)17-22-7-11-36(12-8-22)30(33)38;1-2/h15-16,18,22-23,28H,3-14,17H2,1-2H3,(H2,33,38);1-2H3. The number of primary amides is 1. The van der Waals surface area contributed by atoms with E-state index in [2.05, 4.69) is 69.3 Å². The van der Waals surface area contributed by atoms with Gasteiger partial charge in [-0.05, 0) is 102 Å². The van der Waals surface area contributed by atoms with Crippen LogP contribution in [0.3, 0.4) is 0 Å². The number of carbonyl (C=O) groups is 2. The predicted octanol–water partition coefficient (Wildman–Crippen LogP) is 7.74. The molecule has 8 heteroatoms. The molecule has 4 rings (SSSR count). The van der Waals surface area contributed by atoms with Crippen LogP contribution in [0.5, 0.6) is 0 Å². The lowest BCUT2D eigenvalue weighted by Gasteiger charge is -2.38. The van der Waals surface area contributed by atoms with Gasteiger partial charge in [-0.15, -0.1) is 0 Å². The van der Waals surface area contributed by atoms with Gasteiger partial charge in [0, 0.05) is 59.4 Å². The van der Waals surface area contributed by atoms with Crippen LogP contribution in [-0.4, -0.2) is 54.1 Å². The Balaban J connectivity index is 0.00000216. The predicted molar refractivity (Wildman–Crippen MR) is 173 cm³/mol. The van der Waals surface area contributed by atoms with E-state index in [-0.39, 0.29) is 17.9 Å². The van der Waals surface area contributed by atoms with Crippen LogP contribution in [0.25, 0.3) is 0 Å². The van der Waals surface area contributed by atoms with Crippen molar-refractivity contribution < 1.29 is 9.59 Å². The number of hydrogen-bond acceptors (Lipinski definition) is 3. The van der Waals surface area contributed by atoms with Crippen molar-refractivity contribution in [1.29, 1.82) is 0 Å². The number of nitrogens with two attached hydrogens (primary N) is 1. The van der Waals surface area contributed by atoms with E-state index in [9.17, 15) is 9.59 Å². The first-order valence-corrected chi connectivity index (χ1v) is 16.5. The van der Waals surface area contributed by atoms with E-state index >= 15 is 0 Å². The quantitative estimate of drug-likeness (QED) is 0.313. The number of carbonyl (C=O) groups excluding carboxylic acids is 2. The molecule has 0 saturated carbocycles. The van der Waals surface area contributed by atoms with Gasteiger partial charge in [-0.3, -0.25) is 9.79 Å². The highest BCUT2D eigenvalue weighted by atomic mass is 79.9. The van der Waals surface area contributed by atoms with Crippen LogP contribution in [0.1, 0.15) is 88.8 Å². The van der Waals surface area contributed by atoms with E-state index in [0.29, 0.717) is 31.3 Å². The van der Waals surface area contributed by atoms with Crippen molar-refractivity contribution in [3.8, 4) is 0 Å². The van der Waals surface area contributed by atoms with Gasteiger partial charge >= 0.3 is 6.03 Å². The number of likely N-dealkylation sites (tertiary alicyclic amines) is 2. The van der Waals surface area contributed by atoms with Crippen LogP contribution in [0.2, 0.25) is 0 Å². The van der Waals surface area contributed by atoms with Gasteiger partial charge in [0.2, 0.25) is 5.91 Å². The third kappa shape index (κ3) is 8.09. The summed E-state index contributed by atoms with van der Waals surface area (Å²) in [6.45, 7) is 15.3. The number of piperidine rings is 2. The molecule has 1 atom stereocenters. The monoisotopic (exact) mass is 676 g/mol. The van der Waals surface area contributed by atoms with E-state index in [1.807, 2.05) is 20.1 Å². The van der Waals surface area contributed by atoms with Crippen molar-refractivity contribution in [2.45, 2.75) is 85.0 Å². The summed E-state index contributed by atoms with van der Waals surface area (Å²) in [4.78, 5) is 33.3. The van der Waals surface area contributed by atoms with Crippen molar-refractivity contribution in [1.82, 2.24) is 9.80 Å². The van der Waals surface area contributed by atoms with Gasteiger partial charge in [0.25, 0.3) is 0 Å². The van der Waals surface area contributed by atoms with E-state index in [1.165, 1.54) is 26.7 Å². The summed E-state index contributed by atoms with van der Waals surface area (Å²) in [6, 6.07) is 4.31. The Hall–Kier alpha value is -1.93. The van der Waals surface area contributed by atoms with E-state index < -0.39 is 0 Å². The highest BCUT2D eigenvalue weighted by Gasteiger charge is 2.36. The average molecular weight is 679 g/mol. The Labute approximate surface area is 257 Å². The van der Waals surface area contributed by atoms with Gasteiger partial charge in [-0.25, -0.2) is 4.79 Å². The van der Waals surface area contributed by atoms with E-state index in [0.717, 1.165) is 68.2 Å². The van der Waals surface area contributed by atoms with Crippen molar-refractivity contribution >= 4 is 50.0 Å². The van der Waals surface area contributed by atoms with Crippen LogP contribution in [-0.2, 0) is 17.6 Å². The molecule has 220 valence electrons. The number of hydrogen-bond donors (Lipinski definition) is 1. The molecule has 6 nitrogen and oxygen atoms in total. The number of fused-ring (bicyclic) bond motifs is 1. The van der Waals surface area contributed by atoms with Crippen LogP contribution in [0.15, 0.2) is 43.9 Å². The van der Waals surface area contributed by atoms with Crippen LogP contribution in [0.4, 0.5) is 4.79 Å². The molecule has 2 saturated heterocycles. The fraction of sp³-hybridized carbons (Fsp3) is 0.594. The SMILES string of the molecule is C=C(Br)C=NC1=C(C)CCc2cc(CC)cc(Br)c2C1C1CCN(C(=O)CC2CCN(C(N)=O)CC2)CC1.CC. The number of amides is 3. The molecule has 3 aliphatic rings. The average Bonchev–Trinajstić information content (AvgIpc) is 3.09. The molecule has 1 aromatic carbocycles. The molecule has 2 fully saturated rings. The lowest BCUT2D eigenvalue weighted by atomic mass is 9.76. The molecule has 0 radical (unpaired) electrons. The Morgan fingerprint density at radius 1 is 1.07 bits per heavy atom.